The van der Waals surface area contributed by atoms with Crippen molar-refractivity contribution in [3.05, 3.63) is 107 Å². The Bertz CT molecular complexity index is 2120. The first-order valence-electron chi connectivity index (χ1n) is 19.8. The van der Waals surface area contributed by atoms with Gasteiger partial charge >= 0.3 is 11.9 Å². The maximum absolute atomic E-state index is 13.6. The summed E-state index contributed by atoms with van der Waals surface area (Å²) in [6, 6.07) is 30.8. The van der Waals surface area contributed by atoms with E-state index in [1.54, 1.807) is 0 Å². The molecule has 4 atom stereocenters. The highest BCUT2D eigenvalue weighted by atomic mass is 16.5. The highest BCUT2D eigenvalue weighted by Gasteiger charge is 2.34. The molecule has 8 rings (SSSR count). The second kappa shape index (κ2) is 14.4. The third-order valence-corrected chi connectivity index (χ3v) is 12.0. The lowest BCUT2D eigenvalue weighted by atomic mass is 9.76. The van der Waals surface area contributed by atoms with E-state index in [9.17, 15) is 9.59 Å². The molecule has 6 aromatic carbocycles. The van der Waals surface area contributed by atoms with Crippen molar-refractivity contribution in [3.63, 3.8) is 0 Å². The highest BCUT2D eigenvalue weighted by molar-refractivity contribution is 6.28. The first-order valence-corrected chi connectivity index (χ1v) is 19.8. The number of carbonyl (C=O) groups excluding carboxylic acids is 2. The molecule has 0 fully saturated rings. The summed E-state index contributed by atoms with van der Waals surface area (Å²) < 4.78 is 12.9. The molecule has 0 amide bonds. The van der Waals surface area contributed by atoms with Gasteiger partial charge in [-0.25, -0.2) is 0 Å². The largest absolute Gasteiger partial charge is 0.457 e. The number of unbranched alkanes of at least 4 members (excludes halogenated alkanes) is 2. The van der Waals surface area contributed by atoms with Gasteiger partial charge in [-0.15, -0.1) is 0 Å². The van der Waals surface area contributed by atoms with Gasteiger partial charge in [0.25, 0.3) is 0 Å². The van der Waals surface area contributed by atoms with Gasteiger partial charge in [0.05, 0.1) is 11.8 Å². The van der Waals surface area contributed by atoms with Crippen LogP contribution in [0.2, 0.25) is 0 Å². The SMILES string of the molecule is CCCCC(CC)C(=O)OC1Cc2ccccc2-c2c1cc1ccc3c4c(cc5ccc2c1c53)C(OC(=O)C(CC)CCCC)Cc1ccccc1-4. The van der Waals surface area contributed by atoms with Crippen molar-refractivity contribution in [1.29, 1.82) is 0 Å². The van der Waals surface area contributed by atoms with Crippen molar-refractivity contribution in [2.24, 2.45) is 11.8 Å². The van der Waals surface area contributed by atoms with Gasteiger partial charge in [-0.3, -0.25) is 9.59 Å². The lowest BCUT2D eigenvalue weighted by Crippen LogP contribution is -2.23. The smallest absolute Gasteiger partial charge is 0.309 e. The Hall–Kier alpha value is -4.70. The molecule has 4 unspecified atom stereocenters. The zero-order valence-electron chi connectivity index (χ0n) is 31.1. The van der Waals surface area contributed by atoms with E-state index in [-0.39, 0.29) is 36.0 Å². The minimum absolute atomic E-state index is 0.0764. The molecule has 266 valence electrons. The molecule has 4 heteroatoms. The monoisotopic (exact) mass is 690 g/mol. The Labute approximate surface area is 307 Å². The molecule has 0 spiro atoms. The molecule has 2 aliphatic rings. The summed E-state index contributed by atoms with van der Waals surface area (Å²) in [5.74, 6) is -0.306. The van der Waals surface area contributed by atoms with Crippen LogP contribution in [-0.2, 0) is 31.9 Å². The second-order valence-corrected chi connectivity index (χ2v) is 15.2. The molecule has 0 bridgehead atoms. The molecular formula is C48H50O4. The van der Waals surface area contributed by atoms with Gasteiger partial charge in [-0.05, 0) is 104 Å². The van der Waals surface area contributed by atoms with Crippen molar-refractivity contribution in [2.45, 2.75) is 104 Å². The molecule has 0 heterocycles. The molecule has 4 nitrogen and oxygen atoms in total. The standard InChI is InChI=1S/C48H50O4/c1-5-9-15-29(7-3)47(49)51-41-27-31-17-11-13-19-35(31)45-37-23-22-34-26-40-42(52-48(50)30(8-4)16-10-6-2)28-32-18-12-14-20-36(32)46(40)38-24-21-33(25-39(41)45)43(37)44(34)38/h11-14,17-26,29-30,41-42H,5-10,15-16,27-28H2,1-4H3. The van der Waals surface area contributed by atoms with E-state index in [2.05, 4.69) is 113 Å². The lowest BCUT2D eigenvalue weighted by molar-refractivity contribution is -0.156. The molecule has 0 saturated carbocycles. The average Bonchev–Trinajstić information content (AvgIpc) is 3.17. The fourth-order valence-corrected chi connectivity index (χ4v) is 9.17. The van der Waals surface area contributed by atoms with Crippen LogP contribution in [0.4, 0.5) is 0 Å². The highest BCUT2D eigenvalue weighted by Crippen LogP contribution is 2.52. The van der Waals surface area contributed by atoms with Gasteiger partial charge in [0.15, 0.2) is 0 Å². The number of hydrogen-bond acceptors (Lipinski definition) is 4. The zero-order valence-corrected chi connectivity index (χ0v) is 31.1. The van der Waals surface area contributed by atoms with Crippen LogP contribution >= 0.6 is 0 Å². The first kappa shape index (κ1) is 34.4. The van der Waals surface area contributed by atoms with Crippen LogP contribution in [0.15, 0.2) is 84.9 Å². The molecule has 0 aliphatic heterocycles. The predicted molar refractivity (Wildman–Crippen MR) is 213 cm³/mol. The molecular weight excluding hydrogens is 641 g/mol. The molecule has 0 saturated heterocycles. The first-order chi connectivity index (χ1) is 25.4. The lowest BCUT2D eigenvalue weighted by Gasteiger charge is -2.32. The quantitative estimate of drug-likeness (QED) is 0.0947. The molecule has 0 aromatic heterocycles. The minimum atomic E-state index is -0.339. The summed E-state index contributed by atoms with van der Waals surface area (Å²) in [7, 11) is 0. The topological polar surface area (TPSA) is 52.6 Å². The Morgan fingerprint density at radius 1 is 0.596 bits per heavy atom. The zero-order chi connectivity index (χ0) is 35.9. The molecule has 52 heavy (non-hydrogen) atoms. The van der Waals surface area contributed by atoms with Crippen molar-refractivity contribution in [2.75, 3.05) is 0 Å². The van der Waals surface area contributed by atoms with Crippen molar-refractivity contribution >= 4 is 44.3 Å². The summed E-state index contributed by atoms with van der Waals surface area (Å²) >= 11 is 0. The summed E-state index contributed by atoms with van der Waals surface area (Å²) in [5, 5.41) is 7.14. The molecule has 0 N–H and O–H groups in total. The molecule has 6 aromatic rings. The van der Waals surface area contributed by atoms with Crippen molar-refractivity contribution < 1.29 is 19.1 Å². The van der Waals surface area contributed by atoms with Gasteiger partial charge in [-0.1, -0.05) is 126 Å². The van der Waals surface area contributed by atoms with E-state index in [1.807, 2.05) is 0 Å². The van der Waals surface area contributed by atoms with Gasteiger partial charge in [-0.2, -0.15) is 0 Å². The van der Waals surface area contributed by atoms with E-state index in [1.165, 1.54) is 54.9 Å². The van der Waals surface area contributed by atoms with Crippen LogP contribution in [0.1, 0.15) is 114 Å². The van der Waals surface area contributed by atoms with Crippen LogP contribution in [0.3, 0.4) is 0 Å². The second-order valence-electron chi connectivity index (χ2n) is 15.2. The molecule has 0 radical (unpaired) electrons. The Morgan fingerprint density at radius 3 is 1.42 bits per heavy atom. The summed E-state index contributed by atoms with van der Waals surface area (Å²) in [5.41, 5.74) is 9.39. The van der Waals surface area contributed by atoms with Crippen LogP contribution < -0.4 is 0 Å². The van der Waals surface area contributed by atoms with E-state index in [0.717, 1.165) is 73.3 Å². The van der Waals surface area contributed by atoms with E-state index in [4.69, 9.17) is 9.47 Å². The molecule has 2 aliphatic carbocycles. The summed E-state index contributed by atoms with van der Waals surface area (Å²) in [6.07, 6.45) is 8.20. The van der Waals surface area contributed by atoms with E-state index >= 15 is 0 Å². The number of rotatable bonds is 12. The van der Waals surface area contributed by atoms with Gasteiger partial charge in [0.1, 0.15) is 12.2 Å². The normalized spacial score (nSPS) is 17.3. The number of benzene rings is 6. The fraction of sp³-hybridized carbons (Fsp3) is 0.375. The van der Waals surface area contributed by atoms with Crippen LogP contribution in [0.25, 0.3) is 54.6 Å². The maximum atomic E-state index is 13.6. The van der Waals surface area contributed by atoms with Crippen molar-refractivity contribution in [3.8, 4) is 22.3 Å². The third-order valence-electron chi connectivity index (χ3n) is 12.0. The van der Waals surface area contributed by atoms with E-state index in [0.29, 0.717) is 12.8 Å². The van der Waals surface area contributed by atoms with E-state index < -0.39 is 0 Å². The summed E-state index contributed by atoms with van der Waals surface area (Å²) in [4.78, 5) is 27.3. The fourth-order valence-electron chi connectivity index (χ4n) is 9.17. The van der Waals surface area contributed by atoms with Gasteiger partial charge in [0.2, 0.25) is 0 Å². The minimum Gasteiger partial charge on any atom is -0.457 e. The predicted octanol–water partition coefficient (Wildman–Crippen LogP) is 12.6. The Kier molecular flexibility index (Phi) is 9.51. The third kappa shape index (κ3) is 5.85. The Balaban J connectivity index is 1.30. The maximum Gasteiger partial charge on any atom is 0.309 e. The number of fused-ring (bicyclic) bond motifs is 8. The van der Waals surface area contributed by atoms with Crippen LogP contribution in [0, 0.1) is 11.8 Å². The van der Waals surface area contributed by atoms with Gasteiger partial charge < -0.3 is 9.47 Å². The number of carbonyl (C=O) groups is 2. The number of esters is 2. The van der Waals surface area contributed by atoms with Crippen LogP contribution in [0.5, 0.6) is 0 Å². The van der Waals surface area contributed by atoms with Crippen LogP contribution in [-0.4, -0.2) is 11.9 Å². The van der Waals surface area contributed by atoms with Crippen molar-refractivity contribution in [1.82, 2.24) is 0 Å². The van der Waals surface area contributed by atoms with Gasteiger partial charge in [0, 0.05) is 24.0 Å². The number of hydrogen-bond donors (Lipinski definition) is 0. The summed E-state index contributed by atoms with van der Waals surface area (Å²) in [6.45, 7) is 8.53. The average molecular weight is 691 g/mol. The Morgan fingerprint density at radius 2 is 1.02 bits per heavy atom. The number of ether oxygens (including phenoxy) is 2.